The molecule has 0 spiro atoms. The van der Waals surface area contributed by atoms with Gasteiger partial charge in [-0.2, -0.15) is 13.2 Å². The number of rotatable bonds is 1. The second kappa shape index (κ2) is 4.73. The largest absolute Gasteiger partial charge is 0.417 e. The number of nitrogens with one attached hydrogen (secondary N) is 1. The molecule has 0 fully saturated rings. The van der Waals surface area contributed by atoms with E-state index in [0.717, 1.165) is 12.1 Å². The minimum atomic E-state index is -4.59. The minimum absolute atomic E-state index is 0.100. The number of alkyl halides is 3. The van der Waals surface area contributed by atoms with E-state index >= 15 is 0 Å². The lowest BCUT2D eigenvalue weighted by Crippen LogP contribution is -2.09. The Kier molecular flexibility index (Phi) is 3.40. The third-order valence-electron chi connectivity index (χ3n) is 2.42. The number of H-pyrrole nitrogens is 1. The summed E-state index contributed by atoms with van der Waals surface area (Å²) in [5, 5.41) is 0. The Morgan fingerprint density at radius 2 is 1.89 bits per heavy atom. The lowest BCUT2D eigenvalue weighted by atomic mass is 10.1. The summed E-state index contributed by atoms with van der Waals surface area (Å²) in [6, 6.07) is 3.74. The number of benzene rings is 1. The minimum Gasteiger partial charge on any atom is -0.343 e. The van der Waals surface area contributed by atoms with Gasteiger partial charge in [-0.05, 0) is 31.2 Å². The van der Waals surface area contributed by atoms with Crippen molar-refractivity contribution in [2.75, 3.05) is 0 Å². The third kappa shape index (κ3) is 2.98. The number of aryl methyl sites for hydroxylation is 1. The first-order valence-electron chi connectivity index (χ1n) is 5.22. The van der Waals surface area contributed by atoms with Crippen molar-refractivity contribution >= 4 is 12.2 Å². The van der Waals surface area contributed by atoms with Crippen molar-refractivity contribution in [2.24, 2.45) is 0 Å². The van der Waals surface area contributed by atoms with Crippen LogP contribution in [0.3, 0.4) is 0 Å². The SMILES string of the molecule is Cc1cc(=S)nc(-c2cc(F)ccc2C(F)(F)F)[nH]1. The number of aromatic amines is 1. The van der Waals surface area contributed by atoms with Crippen LogP contribution in [-0.4, -0.2) is 9.97 Å². The lowest BCUT2D eigenvalue weighted by molar-refractivity contribution is -0.137. The van der Waals surface area contributed by atoms with Crippen molar-refractivity contribution < 1.29 is 17.6 Å². The van der Waals surface area contributed by atoms with Crippen LogP contribution >= 0.6 is 12.2 Å². The topological polar surface area (TPSA) is 28.7 Å². The predicted molar refractivity (Wildman–Crippen MR) is 64.6 cm³/mol. The molecule has 1 aromatic carbocycles. The molecule has 0 aliphatic rings. The molecule has 0 bridgehead atoms. The lowest BCUT2D eigenvalue weighted by Gasteiger charge is -2.12. The summed E-state index contributed by atoms with van der Waals surface area (Å²) < 4.78 is 52.0. The number of hydrogen-bond donors (Lipinski definition) is 1. The molecule has 100 valence electrons. The second-order valence-electron chi connectivity index (χ2n) is 3.94. The van der Waals surface area contributed by atoms with Crippen LogP contribution in [0.4, 0.5) is 17.6 Å². The van der Waals surface area contributed by atoms with Crippen molar-refractivity contribution in [1.82, 2.24) is 9.97 Å². The van der Waals surface area contributed by atoms with Crippen molar-refractivity contribution in [1.29, 1.82) is 0 Å². The maximum atomic E-state index is 13.2. The van der Waals surface area contributed by atoms with Crippen LogP contribution in [0.2, 0.25) is 0 Å². The molecular weight excluding hydrogens is 280 g/mol. The Morgan fingerprint density at radius 3 is 2.47 bits per heavy atom. The van der Waals surface area contributed by atoms with E-state index in [1.54, 1.807) is 6.92 Å². The summed E-state index contributed by atoms with van der Waals surface area (Å²) in [6.07, 6.45) is -4.59. The molecule has 2 nitrogen and oxygen atoms in total. The van der Waals surface area contributed by atoms with Crippen LogP contribution in [0.5, 0.6) is 0 Å². The molecule has 0 amide bonds. The molecule has 19 heavy (non-hydrogen) atoms. The van der Waals surface area contributed by atoms with Crippen LogP contribution in [-0.2, 0) is 6.18 Å². The highest BCUT2D eigenvalue weighted by Gasteiger charge is 2.34. The smallest absolute Gasteiger partial charge is 0.343 e. The number of hydrogen-bond acceptors (Lipinski definition) is 2. The first kappa shape index (κ1) is 13.7. The maximum absolute atomic E-state index is 13.2. The van der Waals surface area contributed by atoms with Gasteiger partial charge in [0.05, 0.1) is 5.56 Å². The summed E-state index contributed by atoms with van der Waals surface area (Å²) in [4.78, 5) is 6.47. The molecule has 2 aromatic rings. The molecule has 0 radical (unpaired) electrons. The molecule has 0 saturated heterocycles. The highest BCUT2D eigenvalue weighted by atomic mass is 32.1. The Hall–Kier alpha value is -1.76. The molecule has 0 atom stereocenters. The zero-order valence-electron chi connectivity index (χ0n) is 9.68. The van der Waals surface area contributed by atoms with Gasteiger partial charge < -0.3 is 4.98 Å². The maximum Gasteiger partial charge on any atom is 0.417 e. The average molecular weight is 288 g/mol. The van der Waals surface area contributed by atoms with Crippen LogP contribution in [0.25, 0.3) is 11.4 Å². The van der Waals surface area contributed by atoms with Gasteiger partial charge in [0.25, 0.3) is 0 Å². The van der Waals surface area contributed by atoms with Crippen LogP contribution < -0.4 is 0 Å². The number of nitrogens with zero attached hydrogens (tertiary/aromatic N) is 1. The fourth-order valence-corrected chi connectivity index (χ4v) is 1.93. The molecule has 1 N–H and O–H groups in total. The van der Waals surface area contributed by atoms with E-state index in [4.69, 9.17) is 12.2 Å². The third-order valence-corrected chi connectivity index (χ3v) is 2.63. The van der Waals surface area contributed by atoms with Crippen LogP contribution in [0, 0.1) is 17.4 Å². The normalized spacial score (nSPS) is 11.6. The van der Waals surface area contributed by atoms with E-state index in [1.165, 1.54) is 6.07 Å². The summed E-state index contributed by atoms with van der Waals surface area (Å²) in [5.41, 5.74) is -0.771. The van der Waals surface area contributed by atoms with Gasteiger partial charge >= 0.3 is 6.18 Å². The zero-order valence-corrected chi connectivity index (χ0v) is 10.5. The van der Waals surface area contributed by atoms with E-state index < -0.39 is 17.6 Å². The van der Waals surface area contributed by atoms with Gasteiger partial charge in [0, 0.05) is 11.3 Å². The summed E-state index contributed by atoms with van der Waals surface area (Å²) >= 11 is 4.85. The molecule has 7 heteroatoms. The zero-order chi connectivity index (χ0) is 14.2. The van der Waals surface area contributed by atoms with Gasteiger partial charge in [0.1, 0.15) is 16.3 Å². The Balaban J connectivity index is 2.73. The fraction of sp³-hybridized carbons (Fsp3) is 0.167. The van der Waals surface area contributed by atoms with Crippen molar-refractivity contribution in [3.8, 4) is 11.4 Å². The number of aromatic nitrogens is 2. The van der Waals surface area contributed by atoms with Gasteiger partial charge in [0.15, 0.2) is 0 Å². The van der Waals surface area contributed by atoms with Gasteiger partial charge in [-0.3, -0.25) is 0 Å². The predicted octanol–water partition coefficient (Wildman–Crippen LogP) is 4.27. The van der Waals surface area contributed by atoms with Gasteiger partial charge in [0.2, 0.25) is 0 Å². The molecule has 1 heterocycles. The average Bonchev–Trinajstić information content (AvgIpc) is 2.25. The molecule has 0 saturated carbocycles. The van der Waals surface area contributed by atoms with E-state index in [9.17, 15) is 17.6 Å². The quantitative estimate of drug-likeness (QED) is 0.627. The van der Waals surface area contributed by atoms with E-state index in [1.807, 2.05) is 0 Å². The standard InChI is InChI=1S/C12H8F4N2S/c1-6-4-10(19)18-11(17-6)8-5-7(13)2-3-9(8)12(14,15)16/h2-5H,1H3,(H,17,18,19). The van der Waals surface area contributed by atoms with Gasteiger partial charge in [-0.15, -0.1) is 0 Å². The first-order chi connectivity index (χ1) is 8.77. The molecule has 0 unspecified atom stereocenters. The summed E-state index contributed by atoms with van der Waals surface area (Å²) in [5.74, 6) is -0.873. The highest BCUT2D eigenvalue weighted by Crippen LogP contribution is 2.36. The van der Waals surface area contributed by atoms with Gasteiger partial charge in [-0.25, -0.2) is 9.37 Å². The van der Waals surface area contributed by atoms with Gasteiger partial charge in [-0.1, -0.05) is 12.2 Å². The molecule has 2 rings (SSSR count). The van der Waals surface area contributed by atoms with E-state index in [-0.39, 0.29) is 16.0 Å². The molecule has 1 aromatic heterocycles. The summed E-state index contributed by atoms with van der Waals surface area (Å²) in [6.45, 7) is 1.63. The van der Waals surface area contributed by atoms with Crippen LogP contribution in [0.1, 0.15) is 11.3 Å². The van der Waals surface area contributed by atoms with E-state index in [2.05, 4.69) is 9.97 Å². The van der Waals surface area contributed by atoms with Crippen molar-refractivity contribution in [3.05, 3.63) is 46.0 Å². The number of halogens is 4. The molecule has 0 aliphatic carbocycles. The van der Waals surface area contributed by atoms with Crippen molar-refractivity contribution in [2.45, 2.75) is 13.1 Å². The highest BCUT2D eigenvalue weighted by molar-refractivity contribution is 7.71. The Labute approximate surface area is 111 Å². The Morgan fingerprint density at radius 1 is 1.21 bits per heavy atom. The van der Waals surface area contributed by atoms with Crippen molar-refractivity contribution in [3.63, 3.8) is 0 Å². The molecular formula is C12H8F4N2S. The second-order valence-corrected chi connectivity index (χ2v) is 4.36. The molecule has 0 aliphatic heterocycles. The monoisotopic (exact) mass is 288 g/mol. The first-order valence-corrected chi connectivity index (χ1v) is 5.63. The van der Waals surface area contributed by atoms with Crippen LogP contribution in [0.15, 0.2) is 24.3 Å². The Bertz CT molecular complexity index is 676. The summed E-state index contributed by atoms with van der Waals surface area (Å²) in [7, 11) is 0. The van der Waals surface area contributed by atoms with E-state index in [0.29, 0.717) is 11.8 Å². The fourth-order valence-electron chi connectivity index (χ4n) is 1.67.